The van der Waals surface area contributed by atoms with Crippen LogP contribution in [-0.4, -0.2) is 77.3 Å². The molecule has 0 saturated heterocycles. The molecule has 0 aromatic heterocycles. The van der Waals surface area contributed by atoms with Gasteiger partial charge in [-0.25, -0.2) is 8.42 Å². The molecule has 0 radical (unpaired) electrons. The fourth-order valence-corrected chi connectivity index (χ4v) is 4.98. The van der Waals surface area contributed by atoms with E-state index in [9.17, 15) is 13.0 Å². The van der Waals surface area contributed by atoms with Gasteiger partial charge in [-0.1, -0.05) is 78.1 Å². The first-order valence-electron chi connectivity index (χ1n) is 17.3. The van der Waals surface area contributed by atoms with Crippen molar-refractivity contribution in [2.45, 2.75) is 86.0 Å². The number of nitrogens with zero attached hydrogens (tertiary/aromatic N) is 1. The van der Waals surface area contributed by atoms with Crippen LogP contribution in [0.5, 0.6) is 23.0 Å². The summed E-state index contributed by atoms with van der Waals surface area (Å²) in [6.45, 7) is 15.2. The summed E-state index contributed by atoms with van der Waals surface area (Å²) in [5.41, 5.74) is 3.00. The maximum absolute atomic E-state index is 11.2. The molecule has 13 heteroatoms. The number of quaternary nitrogens is 1. The van der Waals surface area contributed by atoms with E-state index in [2.05, 4.69) is 78.6 Å². The maximum atomic E-state index is 11.2. The monoisotopic (exact) mass is 889 g/mol. The second kappa shape index (κ2) is 28.9. The number of halogens is 2. The largest absolute Gasteiger partial charge is 1.00 e. The molecule has 0 aliphatic carbocycles. The van der Waals surface area contributed by atoms with E-state index in [1.54, 1.807) is 6.07 Å². The molecule has 2 rings (SSSR count). The van der Waals surface area contributed by atoms with Crippen molar-refractivity contribution in [1.29, 1.82) is 0 Å². The number of hydrogen-bond donors (Lipinski definition) is 0. The summed E-state index contributed by atoms with van der Waals surface area (Å²) in [6, 6.07) is 7.66. The SMILES string of the molecule is Br.Br.CCCCOc1cc(C#CC(C)C)c(OCCCS(=O)(=O)[O-])cc1C#Cc1cc(OCCCC)c(C(C)C)cc1OCCC[N+](C)(C)C.[Na+].[Na+]. The summed E-state index contributed by atoms with van der Waals surface area (Å²) >= 11 is 0. The van der Waals surface area contributed by atoms with Crippen molar-refractivity contribution in [1.82, 2.24) is 0 Å². The van der Waals surface area contributed by atoms with Gasteiger partial charge in [-0.05, 0) is 37.3 Å². The minimum atomic E-state index is -4.34. The van der Waals surface area contributed by atoms with Gasteiger partial charge in [-0.3, -0.25) is 0 Å². The molecule has 0 saturated carbocycles. The summed E-state index contributed by atoms with van der Waals surface area (Å²) in [5.74, 6) is 15.4. The third-order valence-electron chi connectivity index (χ3n) is 7.18. The average Bonchev–Trinajstić information content (AvgIpc) is 2.99. The van der Waals surface area contributed by atoms with Gasteiger partial charge < -0.3 is 28.0 Å². The van der Waals surface area contributed by atoms with E-state index in [1.807, 2.05) is 26.0 Å². The molecule has 0 aliphatic heterocycles. The average molecular weight is 892 g/mol. The van der Waals surface area contributed by atoms with E-state index >= 15 is 0 Å². The van der Waals surface area contributed by atoms with Gasteiger partial charge in [-0.2, -0.15) is 0 Å². The van der Waals surface area contributed by atoms with E-state index in [0.717, 1.165) is 54.4 Å². The van der Waals surface area contributed by atoms with E-state index < -0.39 is 15.9 Å². The molecular formula is C39H59Br2NNa2O7S+2. The molecular weight excluding hydrogens is 832 g/mol. The van der Waals surface area contributed by atoms with Crippen LogP contribution in [0, 0.1) is 29.6 Å². The topological polar surface area (TPSA) is 94.1 Å². The summed E-state index contributed by atoms with van der Waals surface area (Å²) < 4.78 is 59.2. The Morgan fingerprint density at radius 3 is 1.48 bits per heavy atom. The summed E-state index contributed by atoms with van der Waals surface area (Å²) in [5, 5.41) is 0. The Morgan fingerprint density at radius 1 is 0.654 bits per heavy atom. The Morgan fingerprint density at radius 2 is 1.06 bits per heavy atom. The fourth-order valence-electron chi connectivity index (χ4n) is 4.51. The summed E-state index contributed by atoms with van der Waals surface area (Å²) in [4.78, 5) is 0. The molecule has 8 nitrogen and oxygen atoms in total. The number of rotatable bonds is 19. The molecule has 0 bridgehead atoms. The minimum absolute atomic E-state index is 0. The zero-order chi connectivity index (χ0) is 35.7. The van der Waals surface area contributed by atoms with Crippen LogP contribution in [0.2, 0.25) is 0 Å². The quantitative estimate of drug-likeness (QED) is 0.0705. The first-order chi connectivity index (χ1) is 22.6. The standard InChI is InChI=1S/C39H57NO7S.2BrH.2Na/c1-10-12-21-44-37-26-32(17-16-30(3)4)36(46-24-15-25-48(41,42)43)27-33(37)18-19-34-28-39(47-22-13-11-2)35(31(5)6)29-38(34)45-23-14-20-40(7,8)9;;;;/h26-31H,10-15,20-25H2,1-9H3;2*1H;;/q;;;2*+1. The normalized spacial score (nSPS) is 10.6. The van der Waals surface area contributed by atoms with Crippen molar-refractivity contribution in [3.63, 3.8) is 0 Å². The molecule has 0 heterocycles. The zero-order valence-electron chi connectivity index (χ0n) is 33.5. The second-order valence-electron chi connectivity index (χ2n) is 13.6. The Hall–Kier alpha value is -0.410. The van der Waals surface area contributed by atoms with Gasteiger partial charge in [0.05, 0.1) is 80.9 Å². The molecule has 0 N–H and O–H groups in total. The van der Waals surface area contributed by atoms with Crippen LogP contribution in [0.15, 0.2) is 24.3 Å². The van der Waals surface area contributed by atoms with Gasteiger partial charge >= 0.3 is 59.1 Å². The Bertz CT molecular complexity index is 1560. The van der Waals surface area contributed by atoms with Crippen molar-refractivity contribution < 1.29 is 95.5 Å². The molecule has 2 aromatic carbocycles. The van der Waals surface area contributed by atoms with E-state index in [4.69, 9.17) is 18.9 Å². The van der Waals surface area contributed by atoms with E-state index in [1.165, 1.54) is 0 Å². The van der Waals surface area contributed by atoms with Crippen molar-refractivity contribution >= 4 is 44.1 Å². The fraction of sp³-hybridized carbons (Fsp3) is 0.590. The summed E-state index contributed by atoms with van der Waals surface area (Å²) in [6.07, 6.45) is 4.80. The number of benzene rings is 2. The smallest absolute Gasteiger partial charge is 0.748 e. The molecule has 0 spiro atoms. The Kier molecular flexibility index (Phi) is 31.1. The molecule has 0 unspecified atom stereocenters. The maximum Gasteiger partial charge on any atom is 1.00 e. The molecule has 2 aromatic rings. The van der Waals surface area contributed by atoms with Gasteiger partial charge in [0.15, 0.2) is 0 Å². The number of hydrogen-bond acceptors (Lipinski definition) is 7. The molecule has 52 heavy (non-hydrogen) atoms. The van der Waals surface area contributed by atoms with Gasteiger partial charge in [0.25, 0.3) is 0 Å². The van der Waals surface area contributed by atoms with Crippen LogP contribution in [0.25, 0.3) is 0 Å². The predicted octanol–water partition coefficient (Wildman–Crippen LogP) is 2.53. The molecule has 0 aliphatic rings. The van der Waals surface area contributed by atoms with Crippen LogP contribution in [0.1, 0.15) is 108 Å². The van der Waals surface area contributed by atoms with Crippen molar-refractivity contribution in [3.05, 3.63) is 46.5 Å². The van der Waals surface area contributed by atoms with Crippen LogP contribution in [0.3, 0.4) is 0 Å². The van der Waals surface area contributed by atoms with Gasteiger partial charge in [0.1, 0.15) is 23.0 Å². The van der Waals surface area contributed by atoms with E-state index in [-0.39, 0.29) is 118 Å². The first-order valence-corrected chi connectivity index (χ1v) is 18.9. The van der Waals surface area contributed by atoms with Crippen LogP contribution in [0.4, 0.5) is 0 Å². The minimum Gasteiger partial charge on any atom is -0.748 e. The van der Waals surface area contributed by atoms with Gasteiger partial charge in [-0.15, -0.1) is 34.0 Å². The van der Waals surface area contributed by atoms with Gasteiger partial charge in [0.2, 0.25) is 0 Å². The second-order valence-corrected chi connectivity index (χ2v) is 15.2. The third-order valence-corrected chi connectivity index (χ3v) is 7.97. The van der Waals surface area contributed by atoms with Crippen molar-refractivity contribution in [2.24, 2.45) is 5.92 Å². The van der Waals surface area contributed by atoms with Crippen molar-refractivity contribution in [2.75, 3.05) is 59.9 Å². The molecule has 0 amide bonds. The number of unbranched alkanes of at least 4 members (excludes halogenated alkanes) is 2. The van der Waals surface area contributed by atoms with Crippen LogP contribution in [-0.2, 0) is 10.1 Å². The Labute approximate surface area is 380 Å². The van der Waals surface area contributed by atoms with Gasteiger partial charge in [0, 0.05) is 35.8 Å². The third kappa shape index (κ3) is 22.8. The van der Waals surface area contributed by atoms with Crippen LogP contribution < -0.4 is 78.1 Å². The summed E-state index contributed by atoms with van der Waals surface area (Å²) in [7, 11) is 2.16. The Balaban J connectivity index is -0.00000600. The molecule has 0 fully saturated rings. The van der Waals surface area contributed by atoms with Crippen LogP contribution >= 0.6 is 34.0 Å². The van der Waals surface area contributed by atoms with E-state index in [0.29, 0.717) is 53.8 Å². The molecule has 282 valence electrons. The number of ether oxygens (including phenoxy) is 4. The first kappa shape index (κ1) is 55.9. The molecule has 0 atom stereocenters. The van der Waals surface area contributed by atoms with Crippen molar-refractivity contribution in [3.8, 4) is 46.7 Å². The zero-order valence-corrected chi connectivity index (χ0v) is 41.7. The predicted molar refractivity (Wildman–Crippen MR) is 214 cm³/mol.